The molecule has 1 spiro atoms. The van der Waals surface area contributed by atoms with Crippen LogP contribution in [0.4, 0.5) is 5.69 Å². The molecule has 7 heteroatoms. The fourth-order valence-corrected chi connectivity index (χ4v) is 5.80. The predicted molar refractivity (Wildman–Crippen MR) is 101 cm³/mol. The van der Waals surface area contributed by atoms with Gasteiger partial charge >= 0.3 is 5.97 Å². The zero-order valence-electron chi connectivity index (χ0n) is 16.0. The molecule has 5 rings (SSSR count). The highest BCUT2D eigenvalue weighted by atomic mass is 16.5. The Morgan fingerprint density at radius 2 is 2.25 bits per heavy atom. The highest BCUT2D eigenvalue weighted by Crippen LogP contribution is 2.54. The molecule has 2 fully saturated rings. The molecule has 2 saturated heterocycles. The minimum absolute atomic E-state index is 0.00430. The molecule has 1 amide bonds. The van der Waals surface area contributed by atoms with Crippen LogP contribution in [-0.4, -0.2) is 54.2 Å². The second kappa shape index (κ2) is 5.98. The second-order valence-corrected chi connectivity index (χ2v) is 8.33. The van der Waals surface area contributed by atoms with Gasteiger partial charge in [-0.3, -0.25) is 9.69 Å². The first kappa shape index (κ1) is 17.6. The number of nitrogens with one attached hydrogen (secondary N) is 1. The summed E-state index contributed by atoms with van der Waals surface area (Å²) in [5.41, 5.74) is 1.51. The van der Waals surface area contributed by atoms with Gasteiger partial charge in [0.25, 0.3) is 0 Å². The van der Waals surface area contributed by atoms with Gasteiger partial charge in [0.2, 0.25) is 5.91 Å². The van der Waals surface area contributed by atoms with Gasteiger partial charge in [-0.15, -0.1) is 0 Å². The van der Waals surface area contributed by atoms with Crippen LogP contribution in [0.15, 0.2) is 30.0 Å². The van der Waals surface area contributed by atoms with Crippen LogP contribution in [0.25, 0.3) is 0 Å². The molecule has 148 valence electrons. The van der Waals surface area contributed by atoms with E-state index in [0.717, 1.165) is 24.3 Å². The number of fused-ring (bicyclic) bond motifs is 5. The van der Waals surface area contributed by atoms with Crippen LogP contribution in [0, 0.1) is 11.8 Å². The standard InChI is InChI=1S/C21H24N2O5/c1-11-14-9-23-6-5-21(16-7-12(24)3-4-17(16)22-20(21)26)18(23)8-13(14)15(10-28-11)19(25)27-2/h3-4,7,10-11,13-14,18,24H,5-6,8-9H2,1-2H3,(H,22,26). The number of nitrogens with zero attached hydrogens (tertiary/aromatic N) is 1. The summed E-state index contributed by atoms with van der Waals surface area (Å²) < 4.78 is 10.7. The fourth-order valence-electron chi connectivity index (χ4n) is 5.80. The third kappa shape index (κ3) is 2.19. The van der Waals surface area contributed by atoms with Crippen LogP contribution in [0.3, 0.4) is 0 Å². The number of hydrogen-bond acceptors (Lipinski definition) is 6. The van der Waals surface area contributed by atoms with Crippen molar-refractivity contribution in [3.05, 3.63) is 35.6 Å². The average Bonchev–Trinajstić information content (AvgIpc) is 3.20. The molecule has 1 aromatic carbocycles. The maximum absolute atomic E-state index is 13.2. The first-order valence-corrected chi connectivity index (χ1v) is 9.78. The molecule has 5 unspecified atom stereocenters. The van der Waals surface area contributed by atoms with Gasteiger partial charge in [-0.1, -0.05) is 0 Å². The van der Waals surface area contributed by atoms with Crippen molar-refractivity contribution in [2.24, 2.45) is 11.8 Å². The Morgan fingerprint density at radius 1 is 1.43 bits per heavy atom. The van der Waals surface area contributed by atoms with Gasteiger partial charge in [-0.25, -0.2) is 4.79 Å². The third-order valence-electron chi connectivity index (χ3n) is 7.21. The van der Waals surface area contributed by atoms with Crippen molar-refractivity contribution >= 4 is 17.6 Å². The molecular formula is C21H24N2O5. The largest absolute Gasteiger partial charge is 0.508 e. The summed E-state index contributed by atoms with van der Waals surface area (Å²) in [4.78, 5) is 27.9. The number of esters is 1. The normalized spacial score (nSPS) is 36.1. The highest BCUT2D eigenvalue weighted by molar-refractivity contribution is 6.07. The molecule has 2 N–H and O–H groups in total. The van der Waals surface area contributed by atoms with E-state index < -0.39 is 5.41 Å². The molecule has 0 aromatic heterocycles. The lowest BCUT2D eigenvalue weighted by Crippen LogP contribution is -2.56. The van der Waals surface area contributed by atoms with E-state index in [4.69, 9.17) is 9.47 Å². The summed E-state index contributed by atoms with van der Waals surface area (Å²) in [7, 11) is 1.38. The molecule has 0 saturated carbocycles. The fraction of sp³-hybridized carbons (Fsp3) is 0.524. The Kier molecular flexibility index (Phi) is 3.75. The first-order chi connectivity index (χ1) is 13.5. The molecule has 0 radical (unpaired) electrons. The topological polar surface area (TPSA) is 88.1 Å². The number of anilines is 1. The van der Waals surface area contributed by atoms with Crippen molar-refractivity contribution in [3.63, 3.8) is 0 Å². The maximum atomic E-state index is 13.2. The Bertz CT molecular complexity index is 897. The van der Waals surface area contributed by atoms with E-state index in [1.54, 1.807) is 24.5 Å². The Morgan fingerprint density at radius 3 is 3.04 bits per heavy atom. The summed E-state index contributed by atoms with van der Waals surface area (Å²) in [6.45, 7) is 3.61. The Balaban J connectivity index is 1.56. The van der Waals surface area contributed by atoms with Crippen molar-refractivity contribution in [1.29, 1.82) is 0 Å². The van der Waals surface area contributed by atoms with Crippen LogP contribution in [0.1, 0.15) is 25.3 Å². The number of ether oxygens (including phenoxy) is 2. The van der Waals surface area contributed by atoms with E-state index in [9.17, 15) is 14.7 Å². The number of aromatic hydroxyl groups is 1. The number of phenolic OH excluding ortho intramolecular Hbond substituents is 1. The summed E-state index contributed by atoms with van der Waals surface area (Å²) in [6.07, 6.45) is 2.93. The van der Waals surface area contributed by atoms with E-state index in [1.807, 2.05) is 6.92 Å². The van der Waals surface area contributed by atoms with Gasteiger partial charge in [-0.05, 0) is 50.1 Å². The number of piperidine rings is 1. The van der Waals surface area contributed by atoms with Gasteiger partial charge in [0.05, 0.1) is 30.5 Å². The van der Waals surface area contributed by atoms with Crippen molar-refractivity contribution in [2.75, 3.05) is 25.5 Å². The quantitative estimate of drug-likeness (QED) is 0.567. The van der Waals surface area contributed by atoms with Gasteiger partial charge in [0.1, 0.15) is 5.75 Å². The lowest BCUT2D eigenvalue weighted by Gasteiger charge is -2.48. The predicted octanol–water partition coefficient (Wildman–Crippen LogP) is 1.77. The number of carbonyl (C=O) groups excluding carboxylic acids is 2. The molecule has 0 aliphatic carbocycles. The van der Waals surface area contributed by atoms with Crippen LogP contribution in [0.5, 0.6) is 5.75 Å². The molecule has 4 aliphatic rings. The lowest BCUT2D eigenvalue weighted by atomic mass is 9.66. The van der Waals surface area contributed by atoms with Crippen LogP contribution < -0.4 is 5.32 Å². The van der Waals surface area contributed by atoms with E-state index in [-0.39, 0.29) is 41.6 Å². The maximum Gasteiger partial charge on any atom is 0.337 e. The Labute approximate surface area is 163 Å². The molecule has 0 bridgehead atoms. The molecular weight excluding hydrogens is 360 g/mol. The zero-order valence-corrected chi connectivity index (χ0v) is 16.0. The SMILES string of the molecule is COC(=O)C1=COC(C)C2CN3CCC4(C(=O)Nc5ccc(O)cc54)C3CC12. The summed E-state index contributed by atoms with van der Waals surface area (Å²) in [5, 5.41) is 13.1. The lowest BCUT2D eigenvalue weighted by molar-refractivity contribution is -0.139. The van der Waals surface area contributed by atoms with Crippen molar-refractivity contribution in [2.45, 2.75) is 37.3 Å². The second-order valence-electron chi connectivity index (χ2n) is 8.33. The highest BCUT2D eigenvalue weighted by Gasteiger charge is 2.61. The van der Waals surface area contributed by atoms with E-state index in [1.165, 1.54) is 7.11 Å². The molecule has 4 heterocycles. The average molecular weight is 384 g/mol. The van der Waals surface area contributed by atoms with Crippen LogP contribution >= 0.6 is 0 Å². The monoisotopic (exact) mass is 384 g/mol. The van der Waals surface area contributed by atoms with Crippen molar-refractivity contribution in [1.82, 2.24) is 4.90 Å². The number of methoxy groups -OCH3 is 1. The molecule has 4 aliphatic heterocycles. The van der Waals surface area contributed by atoms with Gasteiger partial charge in [0.15, 0.2) is 0 Å². The van der Waals surface area contributed by atoms with Crippen LogP contribution in [-0.2, 0) is 24.5 Å². The number of amides is 1. The van der Waals surface area contributed by atoms with Crippen LogP contribution in [0.2, 0.25) is 0 Å². The summed E-state index contributed by atoms with van der Waals surface area (Å²) in [5.74, 6) is -0.0455. The number of hydrogen-bond donors (Lipinski definition) is 2. The van der Waals surface area contributed by atoms with Crippen molar-refractivity contribution < 1.29 is 24.2 Å². The van der Waals surface area contributed by atoms with E-state index in [0.29, 0.717) is 18.4 Å². The third-order valence-corrected chi connectivity index (χ3v) is 7.21. The molecule has 5 atom stereocenters. The summed E-state index contributed by atoms with van der Waals surface area (Å²) >= 11 is 0. The van der Waals surface area contributed by atoms with Crippen molar-refractivity contribution in [3.8, 4) is 5.75 Å². The number of benzene rings is 1. The Hall–Kier alpha value is -2.54. The number of carbonyl (C=O) groups is 2. The zero-order chi connectivity index (χ0) is 19.6. The van der Waals surface area contributed by atoms with Gasteiger partial charge < -0.3 is 19.9 Å². The molecule has 28 heavy (non-hydrogen) atoms. The van der Waals surface area contributed by atoms with Gasteiger partial charge in [0, 0.05) is 30.1 Å². The minimum Gasteiger partial charge on any atom is -0.508 e. The van der Waals surface area contributed by atoms with Gasteiger partial charge in [-0.2, -0.15) is 0 Å². The van der Waals surface area contributed by atoms with E-state index >= 15 is 0 Å². The molecule has 7 nitrogen and oxygen atoms in total. The first-order valence-electron chi connectivity index (χ1n) is 9.78. The minimum atomic E-state index is -0.693. The summed E-state index contributed by atoms with van der Waals surface area (Å²) in [6, 6.07) is 5.05. The number of phenols is 1. The smallest absolute Gasteiger partial charge is 0.337 e. The molecule has 1 aromatic rings. The number of rotatable bonds is 1. The van der Waals surface area contributed by atoms with E-state index in [2.05, 4.69) is 10.2 Å².